The molecule has 3 aromatic heterocycles. The maximum absolute atomic E-state index is 9.60. The van der Waals surface area contributed by atoms with Crippen molar-refractivity contribution in [3.8, 4) is 11.9 Å². The molecule has 4 heterocycles. The number of anilines is 2. The Labute approximate surface area is 174 Å². The van der Waals surface area contributed by atoms with Gasteiger partial charge >= 0.3 is 0 Å². The van der Waals surface area contributed by atoms with Gasteiger partial charge in [0.15, 0.2) is 5.82 Å². The lowest BCUT2D eigenvalue weighted by molar-refractivity contribution is 0.638. The van der Waals surface area contributed by atoms with Crippen LogP contribution in [0.5, 0.6) is 0 Å². The van der Waals surface area contributed by atoms with Crippen molar-refractivity contribution in [2.75, 3.05) is 36.0 Å². The number of nitriles is 1. The summed E-state index contributed by atoms with van der Waals surface area (Å²) in [7, 11) is 0. The first-order chi connectivity index (χ1) is 14.0. The maximum Gasteiger partial charge on any atom is 0.158 e. The van der Waals surface area contributed by atoms with E-state index in [-0.39, 0.29) is 0 Å². The highest BCUT2D eigenvalue weighted by molar-refractivity contribution is 6.32. The topological polar surface area (TPSA) is 86.8 Å². The minimum Gasteiger partial charge on any atom is -0.353 e. The third-order valence-corrected chi connectivity index (χ3v) is 5.69. The number of nitrogens with zero attached hydrogens (tertiary/aromatic N) is 8. The maximum atomic E-state index is 9.60. The molecule has 29 heavy (non-hydrogen) atoms. The van der Waals surface area contributed by atoms with E-state index in [1.165, 1.54) is 0 Å². The van der Waals surface area contributed by atoms with E-state index in [9.17, 15) is 5.26 Å². The van der Waals surface area contributed by atoms with Crippen LogP contribution >= 0.6 is 11.6 Å². The van der Waals surface area contributed by atoms with Gasteiger partial charge in [-0.3, -0.25) is 0 Å². The first-order valence-electron chi connectivity index (χ1n) is 9.39. The Balaban J connectivity index is 1.53. The highest BCUT2D eigenvalue weighted by Crippen LogP contribution is 2.30. The molecule has 0 aromatic carbocycles. The van der Waals surface area contributed by atoms with Gasteiger partial charge in [-0.1, -0.05) is 11.6 Å². The number of piperazine rings is 1. The summed E-state index contributed by atoms with van der Waals surface area (Å²) in [5, 5.41) is 14.6. The molecule has 1 saturated heterocycles. The SMILES string of the molecule is Cc1ccn(-c2cc(N3CCN(c4nc(C)c(Cl)c(C)c4C#N)CC3)ncn2)n1. The number of pyridine rings is 1. The summed E-state index contributed by atoms with van der Waals surface area (Å²) in [6.07, 6.45) is 3.45. The molecule has 1 fully saturated rings. The summed E-state index contributed by atoms with van der Waals surface area (Å²) in [4.78, 5) is 17.7. The van der Waals surface area contributed by atoms with E-state index in [4.69, 9.17) is 11.6 Å². The third kappa shape index (κ3) is 3.61. The molecule has 1 aliphatic heterocycles. The van der Waals surface area contributed by atoms with Crippen molar-refractivity contribution in [2.24, 2.45) is 0 Å². The van der Waals surface area contributed by atoms with Gasteiger partial charge in [-0.25, -0.2) is 19.6 Å². The zero-order valence-electron chi connectivity index (χ0n) is 16.6. The number of aryl methyl sites for hydroxylation is 2. The standard InChI is InChI=1S/C20H21ClN8/c1-13-4-5-29(26-13)18-10-17(23-12-24-18)27-6-8-28(9-7-27)20-16(11-22)14(2)19(21)15(3)25-20/h4-5,10,12H,6-9H2,1-3H3. The summed E-state index contributed by atoms with van der Waals surface area (Å²) < 4.78 is 1.75. The highest BCUT2D eigenvalue weighted by Gasteiger charge is 2.24. The lowest BCUT2D eigenvalue weighted by Gasteiger charge is -2.36. The van der Waals surface area contributed by atoms with Gasteiger partial charge in [0.25, 0.3) is 0 Å². The predicted octanol–water partition coefficient (Wildman–Crippen LogP) is 2.83. The number of rotatable bonds is 3. The van der Waals surface area contributed by atoms with Crippen LogP contribution in [0.3, 0.4) is 0 Å². The molecule has 3 aromatic rings. The van der Waals surface area contributed by atoms with Crippen molar-refractivity contribution in [2.45, 2.75) is 20.8 Å². The van der Waals surface area contributed by atoms with Crippen molar-refractivity contribution < 1.29 is 0 Å². The van der Waals surface area contributed by atoms with E-state index in [2.05, 4.69) is 35.9 Å². The zero-order valence-corrected chi connectivity index (χ0v) is 17.3. The number of halogens is 1. The van der Waals surface area contributed by atoms with E-state index in [0.717, 1.165) is 54.8 Å². The first-order valence-corrected chi connectivity index (χ1v) is 9.77. The quantitative estimate of drug-likeness (QED) is 0.658. The minimum atomic E-state index is 0.549. The minimum absolute atomic E-state index is 0.549. The van der Waals surface area contributed by atoms with Gasteiger partial charge in [-0.15, -0.1) is 0 Å². The van der Waals surface area contributed by atoms with Gasteiger partial charge in [-0.05, 0) is 32.4 Å². The van der Waals surface area contributed by atoms with Gasteiger partial charge in [0.2, 0.25) is 0 Å². The molecular weight excluding hydrogens is 388 g/mol. The molecule has 1 aliphatic rings. The van der Waals surface area contributed by atoms with Crippen molar-refractivity contribution in [3.05, 3.63) is 52.2 Å². The van der Waals surface area contributed by atoms with Crippen LogP contribution in [0, 0.1) is 32.1 Å². The average Bonchev–Trinajstić information content (AvgIpc) is 3.18. The van der Waals surface area contributed by atoms with Crippen LogP contribution < -0.4 is 9.80 Å². The van der Waals surface area contributed by atoms with E-state index in [0.29, 0.717) is 16.4 Å². The zero-order chi connectivity index (χ0) is 20.5. The smallest absolute Gasteiger partial charge is 0.158 e. The number of hydrogen-bond acceptors (Lipinski definition) is 7. The van der Waals surface area contributed by atoms with Crippen LogP contribution in [0.2, 0.25) is 5.02 Å². The highest BCUT2D eigenvalue weighted by atomic mass is 35.5. The second kappa shape index (κ2) is 7.68. The normalized spacial score (nSPS) is 14.2. The molecule has 0 bridgehead atoms. The molecule has 9 heteroatoms. The second-order valence-electron chi connectivity index (χ2n) is 7.06. The summed E-state index contributed by atoms with van der Waals surface area (Å²) in [6, 6.07) is 6.15. The van der Waals surface area contributed by atoms with Crippen molar-refractivity contribution in [1.29, 1.82) is 5.26 Å². The fraction of sp³-hybridized carbons (Fsp3) is 0.350. The van der Waals surface area contributed by atoms with Crippen LogP contribution in [0.25, 0.3) is 5.82 Å². The van der Waals surface area contributed by atoms with E-state index < -0.39 is 0 Å². The molecular formula is C20H21ClN8. The van der Waals surface area contributed by atoms with Gasteiger partial charge in [0, 0.05) is 38.4 Å². The largest absolute Gasteiger partial charge is 0.353 e. The van der Waals surface area contributed by atoms with Gasteiger partial charge in [-0.2, -0.15) is 10.4 Å². The van der Waals surface area contributed by atoms with E-state index in [1.807, 2.05) is 39.1 Å². The summed E-state index contributed by atoms with van der Waals surface area (Å²) >= 11 is 6.28. The van der Waals surface area contributed by atoms with E-state index >= 15 is 0 Å². The van der Waals surface area contributed by atoms with Crippen molar-refractivity contribution in [1.82, 2.24) is 24.7 Å². The summed E-state index contributed by atoms with van der Waals surface area (Å²) in [5.41, 5.74) is 3.02. The monoisotopic (exact) mass is 408 g/mol. The van der Waals surface area contributed by atoms with E-state index in [1.54, 1.807) is 11.0 Å². The number of aromatic nitrogens is 5. The van der Waals surface area contributed by atoms with Crippen molar-refractivity contribution in [3.63, 3.8) is 0 Å². The van der Waals surface area contributed by atoms with Gasteiger partial charge < -0.3 is 9.80 Å². The lowest BCUT2D eigenvalue weighted by Crippen LogP contribution is -2.47. The third-order valence-electron chi connectivity index (χ3n) is 5.13. The Hall–Kier alpha value is -3.18. The molecule has 0 unspecified atom stereocenters. The molecule has 0 atom stereocenters. The Morgan fingerprint density at radius 1 is 1.03 bits per heavy atom. The number of hydrogen-bond donors (Lipinski definition) is 0. The van der Waals surface area contributed by atoms with Crippen molar-refractivity contribution >= 4 is 23.2 Å². The molecule has 4 rings (SSSR count). The molecule has 0 aliphatic carbocycles. The predicted molar refractivity (Wildman–Crippen MR) is 112 cm³/mol. The summed E-state index contributed by atoms with van der Waals surface area (Å²) in [5.74, 6) is 2.31. The Morgan fingerprint density at radius 3 is 2.38 bits per heavy atom. The average molecular weight is 409 g/mol. The van der Waals surface area contributed by atoms with Crippen LogP contribution in [0.15, 0.2) is 24.7 Å². The Morgan fingerprint density at radius 2 is 1.72 bits per heavy atom. The van der Waals surface area contributed by atoms with Gasteiger partial charge in [0.05, 0.1) is 22.0 Å². The molecule has 0 amide bonds. The Bertz CT molecular complexity index is 1090. The molecule has 148 valence electrons. The van der Waals surface area contributed by atoms with Crippen LogP contribution in [0.4, 0.5) is 11.6 Å². The molecule has 8 nitrogen and oxygen atoms in total. The van der Waals surface area contributed by atoms with Crippen LogP contribution in [0.1, 0.15) is 22.5 Å². The first kappa shape index (κ1) is 19.2. The fourth-order valence-corrected chi connectivity index (χ4v) is 3.64. The molecule has 0 radical (unpaired) electrons. The lowest BCUT2D eigenvalue weighted by atomic mass is 10.1. The van der Waals surface area contributed by atoms with Crippen LogP contribution in [-0.4, -0.2) is 50.9 Å². The Kier molecular flexibility index (Phi) is 5.07. The summed E-state index contributed by atoms with van der Waals surface area (Å²) in [6.45, 7) is 8.69. The molecule has 0 N–H and O–H groups in total. The van der Waals surface area contributed by atoms with Gasteiger partial charge in [0.1, 0.15) is 24.0 Å². The fourth-order valence-electron chi connectivity index (χ4n) is 3.50. The molecule has 0 spiro atoms. The second-order valence-corrected chi connectivity index (χ2v) is 7.43. The molecule has 0 saturated carbocycles. The van der Waals surface area contributed by atoms with Crippen LogP contribution in [-0.2, 0) is 0 Å².